The second kappa shape index (κ2) is 3.40. The molecule has 6 nitrogen and oxygen atoms in total. The fraction of sp³-hybridized carbons (Fsp3) is 0.600. The van der Waals surface area contributed by atoms with Crippen LogP contribution in [0.15, 0.2) is 0 Å². The van der Waals surface area contributed by atoms with Crippen molar-refractivity contribution in [1.29, 1.82) is 0 Å². The van der Waals surface area contributed by atoms with Crippen LogP contribution in [0.2, 0.25) is 0 Å². The normalized spacial score (nSPS) is 38.9. The van der Waals surface area contributed by atoms with Crippen molar-refractivity contribution in [3.63, 3.8) is 0 Å². The third-order valence-corrected chi connectivity index (χ3v) is 3.15. The van der Waals surface area contributed by atoms with Crippen molar-refractivity contribution < 1.29 is 28.7 Å². The maximum atomic E-state index is 11.4. The van der Waals surface area contributed by atoms with E-state index in [1.807, 2.05) is 0 Å². The molecule has 0 N–H and O–H groups in total. The highest BCUT2D eigenvalue weighted by Crippen LogP contribution is 2.38. The summed E-state index contributed by atoms with van der Waals surface area (Å²) in [5, 5.41) is 0. The summed E-state index contributed by atoms with van der Waals surface area (Å²) in [5.41, 5.74) is 0. The maximum Gasteiger partial charge on any atom is 0.318 e. The van der Waals surface area contributed by atoms with E-state index < -0.39 is 47.5 Å². The molecule has 0 radical (unpaired) electrons. The van der Waals surface area contributed by atoms with E-state index >= 15 is 0 Å². The van der Waals surface area contributed by atoms with Gasteiger partial charge in [-0.3, -0.25) is 19.2 Å². The van der Waals surface area contributed by atoms with Crippen LogP contribution in [0.5, 0.6) is 0 Å². The standard InChI is InChI=1S/C10H10O6/c1-3-5(9(13)15-7(3)11)6-4(2)8(12)16-10(6)14/h3-6H,1-2H3. The SMILES string of the molecule is CC1C(=O)OC(=O)C1C1C(=O)OC(=O)C1C. The van der Waals surface area contributed by atoms with Crippen LogP contribution in [-0.2, 0) is 28.7 Å². The van der Waals surface area contributed by atoms with Gasteiger partial charge in [-0.15, -0.1) is 0 Å². The maximum absolute atomic E-state index is 11.4. The molecule has 4 unspecified atom stereocenters. The summed E-state index contributed by atoms with van der Waals surface area (Å²) in [7, 11) is 0. The predicted octanol–water partition coefficient (Wildman–Crippen LogP) is -0.342. The summed E-state index contributed by atoms with van der Waals surface area (Å²) < 4.78 is 8.87. The highest BCUT2D eigenvalue weighted by Gasteiger charge is 2.55. The van der Waals surface area contributed by atoms with Gasteiger partial charge in [-0.1, -0.05) is 13.8 Å². The zero-order valence-electron chi connectivity index (χ0n) is 8.76. The van der Waals surface area contributed by atoms with Crippen molar-refractivity contribution in [2.45, 2.75) is 13.8 Å². The molecule has 16 heavy (non-hydrogen) atoms. The van der Waals surface area contributed by atoms with Gasteiger partial charge in [-0.25, -0.2) is 0 Å². The van der Waals surface area contributed by atoms with E-state index in [4.69, 9.17) is 0 Å². The zero-order chi connectivity index (χ0) is 12.0. The third-order valence-electron chi connectivity index (χ3n) is 3.15. The summed E-state index contributed by atoms with van der Waals surface area (Å²) in [4.78, 5) is 45.2. The molecule has 0 spiro atoms. The molecule has 0 saturated carbocycles. The van der Waals surface area contributed by atoms with Gasteiger partial charge in [0.05, 0.1) is 23.7 Å². The van der Waals surface area contributed by atoms with Crippen LogP contribution in [0.4, 0.5) is 0 Å². The minimum Gasteiger partial charge on any atom is -0.393 e. The molecule has 0 aromatic carbocycles. The molecule has 0 aromatic rings. The zero-order valence-corrected chi connectivity index (χ0v) is 8.76. The first-order valence-electron chi connectivity index (χ1n) is 4.94. The fourth-order valence-corrected chi connectivity index (χ4v) is 2.14. The second-order valence-electron chi connectivity index (χ2n) is 4.11. The molecule has 2 heterocycles. The monoisotopic (exact) mass is 226 g/mol. The molecule has 2 rings (SSSR count). The number of carbonyl (C=O) groups is 4. The van der Waals surface area contributed by atoms with E-state index in [1.165, 1.54) is 13.8 Å². The Hall–Kier alpha value is -1.72. The van der Waals surface area contributed by atoms with E-state index in [2.05, 4.69) is 9.47 Å². The van der Waals surface area contributed by atoms with Crippen LogP contribution in [0.25, 0.3) is 0 Å². The molecular weight excluding hydrogens is 216 g/mol. The van der Waals surface area contributed by atoms with Gasteiger partial charge in [0, 0.05) is 0 Å². The molecule has 86 valence electrons. The Bertz CT molecular complexity index is 360. The minimum atomic E-state index is -0.901. The number of hydrogen-bond donors (Lipinski definition) is 0. The molecule has 0 bridgehead atoms. The van der Waals surface area contributed by atoms with Gasteiger partial charge >= 0.3 is 23.9 Å². The van der Waals surface area contributed by atoms with Gasteiger partial charge in [0.15, 0.2) is 0 Å². The van der Waals surface area contributed by atoms with Crippen LogP contribution in [0, 0.1) is 23.7 Å². The Balaban J connectivity index is 2.31. The Morgan fingerprint density at radius 2 is 1.00 bits per heavy atom. The molecule has 0 aliphatic carbocycles. The van der Waals surface area contributed by atoms with Gasteiger partial charge < -0.3 is 9.47 Å². The first-order chi connectivity index (χ1) is 7.43. The lowest BCUT2D eigenvalue weighted by atomic mass is 9.78. The van der Waals surface area contributed by atoms with Crippen molar-refractivity contribution in [2.75, 3.05) is 0 Å². The van der Waals surface area contributed by atoms with Crippen LogP contribution in [0.1, 0.15) is 13.8 Å². The molecule has 2 saturated heterocycles. The topological polar surface area (TPSA) is 86.7 Å². The molecule has 0 aromatic heterocycles. The van der Waals surface area contributed by atoms with E-state index in [-0.39, 0.29) is 0 Å². The highest BCUT2D eigenvalue weighted by molar-refractivity contribution is 6.03. The first-order valence-corrected chi connectivity index (χ1v) is 4.94. The number of esters is 4. The van der Waals surface area contributed by atoms with Crippen LogP contribution < -0.4 is 0 Å². The number of ether oxygens (including phenoxy) is 2. The average molecular weight is 226 g/mol. The van der Waals surface area contributed by atoms with E-state index in [0.717, 1.165) is 0 Å². The van der Waals surface area contributed by atoms with Gasteiger partial charge in [-0.2, -0.15) is 0 Å². The van der Waals surface area contributed by atoms with E-state index in [0.29, 0.717) is 0 Å². The molecule has 6 heteroatoms. The van der Waals surface area contributed by atoms with Crippen LogP contribution in [-0.4, -0.2) is 23.9 Å². The lowest BCUT2D eigenvalue weighted by Crippen LogP contribution is -2.31. The number of carbonyl (C=O) groups excluding carboxylic acids is 4. The number of cyclic esters (lactones) is 4. The molecular formula is C10H10O6. The van der Waals surface area contributed by atoms with E-state index in [9.17, 15) is 19.2 Å². The lowest BCUT2D eigenvalue weighted by molar-refractivity contribution is -0.158. The first kappa shape index (κ1) is 10.8. The van der Waals surface area contributed by atoms with Crippen LogP contribution in [0.3, 0.4) is 0 Å². The summed E-state index contributed by atoms with van der Waals surface area (Å²) in [5.74, 6) is -6.04. The molecule has 0 amide bonds. The predicted molar refractivity (Wildman–Crippen MR) is 47.5 cm³/mol. The number of hydrogen-bond acceptors (Lipinski definition) is 6. The van der Waals surface area contributed by atoms with E-state index in [1.54, 1.807) is 0 Å². The average Bonchev–Trinajstić information content (AvgIpc) is 2.57. The van der Waals surface area contributed by atoms with Crippen molar-refractivity contribution >= 4 is 23.9 Å². The van der Waals surface area contributed by atoms with Gasteiger partial charge in [0.2, 0.25) is 0 Å². The quantitative estimate of drug-likeness (QED) is 0.449. The summed E-state index contributed by atoms with van der Waals surface area (Å²) >= 11 is 0. The Morgan fingerprint density at radius 1 is 0.688 bits per heavy atom. The van der Waals surface area contributed by atoms with Gasteiger partial charge in [0.25, 0.3) is 0 Å². The fourth-order valence-electron chi connectivity index (χ4n) is 2.14. The second-order valence-corrected chi connectivity index (χ2v) is 4.11. The lowest BCUT2D eigenvalue weighted by Gasteiger charge is -2.15. The largest absolute Gasteiger partial charge is 0.393 e. The molecule has 2 aliphatic rings. The summed E-state index contributed by atoms with van der Waals surface area (Å²) in [6.45, 7) is 3.00. The summed E-state index contributed by atoms with van der Waals surface area (Å²) in [6, 6.07) is 0. The van der Waals surface area contributed by atoms with Crippen molar-refractivity contribution in [3.8, 4) is 0 Å². The van der Waals surface area contributed by atoms with Crippen LogP contribution >= 0.6 is 0 Å². The van der Waals surface area contributed by atoms with Crippen molar-refractivity contribution in [3.05, 3.63) is 0 Å². The number of rotatable bonds is 1. The molecule has 2 fully saturated rings. The Kier molecular flexibility index (Phi) is 2.29. The molecule has 4 atom stereocenters. The molecule has 2 aliphatic heterocycles. The van der Waals surface area contributed by atoms with Crippen molar-refractivity contribution in [2.24, 2.45) is 23.7 Å². The minimum absolute atomic E-state index is 0.658. The smallest absolute Gasteiger partial charge is 0.318 e. The third kappa shape index (κ3) is 1.33. The van der Waals surface area contributed by atoms with Crippen molar-refractivity contribution in [1.82, 2.24) is 0 Å². The highest BCUT2D eigenvalue weighted by atomic mass is 16.6. The summed E-state index contributed by atoms with van der Waals surface area (Å²) in [6.07, 6.45) is 0. The van der Waals surface area contributed by atoms with Gasteiger partial charge in [-0.05, 0) is 0 Å². The van der Waals surface area contributed by atoms with Gasteiger partial charge in [0.1, 0.15) is 0 Å². The Labute approximate surface area is 90.9 Å². The Morgan fingerprint density at radius 3 is 1.19 bits per heavy atom.